The van der Waals surface area contributed by atoms with Crippen LogP contribution >= 0.6 is 0 Å². The Hall–Kier alpha value is -1.15. The SMILES string of the molecule is Cc1ccc(C)c(C(=O)CN(C)CC(C)C)c1. The van der Waals surface area contributed by atoms with Gasteiger partial charge in [0.25, 0.3) is 0 Å². The topological polar surface area (TPSA) is 20.3 Å². The van der Waals surface area contributed by atoms with Gasteiger partial charge in [0.15, 0.2) is 5.78 Å². The Morgan fingerprint density at radius 1 is 1.29 bits per heavy atom. The molecule has 0 aliphatic heterocycles. The second-order valence-electron chi connectivity index (χ2n) is 5.33. The Labute approximate surface area is 105 Å². The average molecular weight is 233 g/mol. The maximum atomic E-state index is 12.2. The molecule has 2 nitrogen and oxygen atoms in total. The van der Waals surface area contributed by atoms with E-state index < -0.39 is 0 Å². The van der Waals surface area contributed by atoms with Gasteiger partial charge in [-0.1, -0.05) is 31.5 Å². The highest BCUT2D eigenvalue weighted by molar-refractivity contribution is 5.99. The van der Waals surface area contributed by atoms with Crippen molar-refractivity contribution in [2.24, 2.45) is 5.92 Å². The molecule has 17 heavy (non-hydrogen) atoms. The Morgan fingerprint density at radius 3 is 2.53 bits per heavy atom. The van der Waals surface area contributed by atoms with Gasteiger partial charge in [-0.05, 0) is 38.4 Å². The maximum Gasteiger partial charge on any atom is 0.177 e. The molecule has 0 saturated carbocycles. The standard InChI is InChI=1S/C15H23NO/c1-11(2)9-16(5)10-15(17)14-8-12(3)6-7-13(14)4/h6-8,11H,9-10H2,1-5H3. The van der Waals surface area contributed by atoms with Gasteiger partial charge in [-0.25, -0.2) is 0 Å². The third-order valence-corrected chi connectivity index (χ3v) is 2.78. The zero-order valence-corrected chi connectivity index (χ0v) is 11.6. The molecule has 94 valence electrons. The smallest absolute Gasteiger partial charge is 0.177 e. The molecule has 0 spiro atoms. The molecule has 0 aliphatic rings. The summed E-state index contributed by atoms with van der Waals surface area (Å²) in [6, 6.07) is 6.05. The fourth-order valence-corrected chi connectivity index (χ4v) is 2.05. The van der Waals surface area contributed by atoms with Crippen LogP contribution in [0.1, 0.15) is 35.3 Å². The van der Waals surface area contributed by atoms with E-state index in [1.807, 2.05) is 39.1 Å². The first kappa shape index (κ1) is 13.9. The van der Waals surface area contributed by atoms with Crippen molar-refractivity contribution < 1.29 is 4.79 Å². The Bertz CT molecular complexity index is 396. The van der Waals surface area contributed by atoms with Gasteiger partial charge < -0.3 is 0 Å². The zero-order valence-electron chi connectivity index (χ0n) is 11.6. The highest BCUT2D eigenvalue weighted by atomic mass is 16.1. The second kappa shape index (κ2) is 5.97. The summed E-state index contributed by atoms with van der Waals surface area (Å²) >= 11 is 0. The van der Waals surface area contributed by atoms with Crippen molar-refractivity contribution in [3.8, 4) is 0 Å². The number of rotatable bonds is 5. The summed E-state index contributed by atoms with van der Waals surface area (Å²) in [5.41, 5.74) is 3.07. The third kappa shape index (κ3) is 4.31. The van der Waals surface area contributed by atoms with Gasteiger partial charge in [0.2, 0.25) is 0 Å². The van der Waals surface area contributed by atoms with Crippen molar-refractivity contribution >= 4 is 5.78 Å². The maximum absolute atomic E-state index is 12.2. The van der Waals surface area contributed by atoms with Crippen molar-refractivity contribution in [3.05, 3.63) is 34.9 Å². The number of hydrogen-bond donors (Lipinski definition) is 0. The molecular weight excluding hydrogens is 210 g/mol. The fourth-order valence-electron chi connectivity index (χ4n) is 2.05. The largest absolute Gasteiger partial charge is 0.299 e. The molecule has 0 heterocycles. The zero-order chi connectivity index (χ0) is 13.0. The summed E-state index contributed by atoms with van der Waals surface area (Å²) in [6.07, 6.45) is 0. The summed E-state index contributed by atoms with van der Waals surface area (Å²) in [7, 11) is 2.00. The molecule has 0 saturated heterocycles. The molecule has 0 aromatic heterocycles. The van der Waals surface area contributed by atoms with Crippen LogP contribution in [0, 0.1) is 19.8 Å². The summed E-state index contributed by atoms with van der Waals surface area (Å²) in [5, 5.41) is 0. The predicted molar refractivity (Wildman–Crippen MR) is 72.6 cm³/mol. The van der Waals surface area contributed by atoms with Crippen LogP contribution in [0.2, 0.25) is 0 Å². The van der Waals surface area contributed by atoms with Crippen molar-refractivity contribution in [2.45, 2.75) is 27.7 Å². The van der Waals surface area contributed by atoms with E-state index in [9.17, 15) is 4.79 Å². The molecular formula is C15H23NO. The van der Waals surface area contributed by atoms with E-state index in [1.165, 1.54) is 0 Å². The molecule has 0 bridgehead atoms. The van der Waals surface area contributed by atoms with Gasteiger partial charge in [-0.3, -0.25) is 9.69 Å². The van der Waals surface area contributed by atoms with Crippen LogP contribution in [0.15, 0.2) is 18.2 Å². The lowest BCUT2D eigenvalue weighted by atomic mass is 10.0. The Balaban J connectivity index is 2.73. The van der Waals surface area contributed by atoms with E-state index in [0.717, 1.165) is 23.2 Å². The van der Waals surface area contributed by atoms with Gasteiger partial charge in [0.05, 0.1) is 6.54 Å². The number of nitrogens with zero attached hydrogens (tertiary/aromatic N) is 1. The lowest BCUT2D eigenvalue weighted by molar-refractivity contribution is 0.0940. The van der Waals surface area contributed by atoms with E-state index in [2.05, 4.69) is 18.7 Å². The molecule has 0 amide bonds. The quantitative estimate of drug-likeness (QED) is 0.728. The molecule has 1 aromatic rings. The number of carbonyl (C=O) groups is 1. The minimum Gasteiger partial charge on any atom is -0.299 e. The number of likely N-dealkylation sites (N-methyl/N-ethyl adjacent to an activating group) is 1. The number of aryl methyl sites for hydroxylation is 2. The van der Waals surface area contributed by atoms with Gasteiger partial charge in [0, 0.05) is 12.1 Å². The minimum absolute atomic E-state index is 0.217. The van der Waals surface area contributed by atoms with Crippen molar-refractivity contribution in [1.29, 1.82) is 0 Å². The van der Waals surface area contributed by atoms with Crippen molar-refractivity contribution in [3.63, 3.8) is 0 Å². The van der Waals surface area contributed by atoms with Gasteiger partial charge in [-0.15, -0.1) is 0 Å². The minimum atomic E-state index is 0.217. The molecule has 0 N–H and O–H groups in total. The molecule has 1 aromatic carbocycles. The molecule has 1 rings (SSSR count). The fraction of sp³-hybridized carbons (Fsp3) is 0.533. The monoisotopic (exact) mass is 233 g/mol. The average Bonchev–Trinajstić information content (AvgIpc) is 2.20. The van der Waals surface area contributed by atoms with E-state index in [-0.39, 0.29) is 5.78 Å². The molecule has 0 unspecified atom stereocenters. The predicted octanol–water partition coefficient (Wildman–Crippen LogP) is 3.07. The van der Waals surface area contributed by atoms with Crippen LogP contribution < -0.4 is 0 Å². The van der Waals surface area contributed by atoms with Crippen LogP contribution in [-0.2, 0) is 0 Å². The van der Waals surface area contributed by atoms with Crippen molar-refractivity contribution in [1.82, 2.24) is 4.90 Å². The van der Waals surface area contributed by atoms with Crippen molar-refractivity contribution in [2.75, 3.05) is 20.1 Å². The van der Waals surface area contributed by atoms with Gasteiger partial charge in [0.1, 0.15) is 0 Å². The number of ketones is 1. The first-order valence-corrected chi connectivity index (χ1v) is 6.19. The van der Waals surface area contributed by atoms with Crippen LogP contribution in [0.3, 0.4) is 0 Å². The lowest BCUT2D eigenvalue weighted by Crippen LogP contribution is -2.29. The number of hydrogen-bond acceptors (Lipinski definition) is 2. The summed E-state index contributed by atoms with van der Waals surface area (Å²) in [6.45, 7) is 9.81. The summed E-state index contributed by atoms with van der Waals surface area (Å²) in [5.74, 6) is 0.806. The molecule has 0 atom stereocenters. The summed E-state index contributed by atoms with van der Waals surface area (Å²) in [4.78, 5) is 14.3. The molecule has 0 aliphatic carbocycles. The molecule has 0 fully saturated rings. The van der Waals surface area contributed by atoms with E-state index in [0.29, 0.717) is 12.5 Å². The van der Waals surface area contributed by atoms with Crippen LogP contribution in [0.25, 0.3) is 0 Å². The first-order chi connectivity index (χ1) is 7.90. The van der Waals surface area contributed by atoms with Crippen LogP contribution in [-0.4, -0.2) is 30.8 Å². The second-order valence-corrected chi connectivity index (χ2v) is 5.33. The molecule has 2 heteroatoms. The normalized spacial score (nSPS) is 11.2. The first-order valence-electron chi connectivity index (χ1n) is 6.19. The highest BCUT2D eigenvalue weighted by Crippen LogP contribution is 2.12. The molecule has 0 radical (unpaired) electrons. The highest BCUT2D eigenvalue weighted by Gasteiger charge is 2.12. The Morgan fingerprint density at radius 2 is 1.94 bits per heavy atom. The van der Waals surface area contributed by atoms with E-state index in [1.54, 1.807) is 0 Å². The van der Waals surface area contributed by atoms with E-state index >= 15 is 0 Å². The van der Waals surface area contributed by atoms with Crippen LogP contribution in [0.5, 0.6) is 0 Å². The van der Waals surface area contributed by atoms with Crippen LogP contribution in [0.4, 0.5) is 0 Å². The number of carbonyl (C=O) groups excluding carboxylic acids is 1. The third-order valence-electron chi connectivity index (χ3n) is 2.78. The van der Waals surface area contributed by atoms with E-state index in [4.69, 9.17) is 0 Å². The van der Waals surface area contributed by atoms with Gasteiger partial charge >= 0.3 is 0 Å². The van der Waals surface area contributed by atoms with Gasteiger partial charge in [-0.2, -0.15) is 0 Å². The number of Topliss-reactive ketones (excluding diaryl/α,β-unsaturated/α-hetero) is 1. The number of benzene rings is 1. The Kier molecular flexibility index (Phi) is 4.88. The summed E-state index contributed by atoms with van der Waals surface area (Å²) < 4.78 is 0. The lowest BCUT2D eigenvalue weighted by Gasteiger charge is -2.18.